The molecule has 1 aromatic rings. The monoisotopic (exact) mass is 292 g/mol. The van der Waals surface area contributed by atoms with Crippen LogP contribution in [0.5, 0.6) is 5.75 Å². The van der Waals surface area contributed by atoms with Gasteiger partial charge in [0.25, 0.3) is 0 Å². The fourth-order valence-electron chi connectivity index (χ4n) is 2.31. The van der Waals surface area contributed by atoms with Crippen LogP contribution in [0.2, 0.25) is 0 Å². The molecule has 1 heterocycles. The lowest BCUT2D eigenvalue weighted by Crippen LogP contribution is -2.24. The van der Waals surface area contributed by atoms with Crippen molar-refractivity contribution >= 4 is 0 Å². The summed E-state index contributed by atoms with van der Waals surface area (Å²) in [6, 6.07) is 4.28. The molecule has 3 nitrogen and oxygen atoms in total. The Labute approximate surface area is 125 Å². The minimum Gasteiger partial charge on any atom is -0.489 e. The van der Waals surface area contributed by atoms with Gasteiger partial charge in [-0.25, -0.2) is 4.39 Å². The van der Waals surface area contributed by atoms with Crippen LogP contribution in [-0.4, -0.2) is 30.0 Å². The van der Waals surface area contributed by atoms with Gasteiger partial charge in [-0.15, -0.1) is 0 Å². The van der Waals surface area contributed by atoms with Gasteiger partial charge in [-0.05, 0) is 38.8 Å². The Morgan fingerprint density at radius 2 is 2.29 bits per heavy atom. The largest absolute Gasteiger partial charge is 0.489 e. The van der Waals surface area contributed by atoms with Gasteiger partial charge in [0.15, 0.2) is 0 Å². The molecule has 1 atom stereocenters. The van der Waals surface area contributed by atoms with Crippen molar-refractivity contribution < 1.29 is 19.0 Å². The fraction of sp³-hybridized carbons (Fsp3) is 0.529. The first-order valence-corrected chi connectivity index (χ1v) is 7.20. The van der Waals surface area contributed by atoms with Crippen molar-refractivity contribution in [1.82, 2.24) is 0 Å². The lowest BCUT2D eigenvalue weighted by Gasteiger charge is -2.19. The molecule has 1 N–H and O–H groups in total. The number of ether oxygens (including phenoxy) is 2. The minimum absolute atomic E-state index is 0.00931. The smallest absolute Gasteiger partial charge is 0.137 e. The standard InChI is InChI=1S/C17H21FO3/c1-17(2)9-8-15(21-17)12-20-16-11-14(18)7-6-13(16)5-3-4-10-19/h6-7,11,15,19H,4,8-10,12H2,1-2H3. The normalized spacial score (nSPS) is 19.9. The maximum atomic E-state index is 13.4. The molecule has 0 saturated carbocycles. The van der Waals surface area contributed by atoms with Crippen LogP contribution in [0.4, 0.5) is 4.39 Å². The highest BCUT2D eigenvalue weighted by atomic mass is 19.1. The molecule has 21 heavy (non-hydrogen) atoms. The van der Waals surface area contributed by atoms with E-state index in [1.807, 2.05) is 0 Å². The zero-order valence-electron chi connectivity index (χ0n) is 12.5. The van der Waals surface area contributed by atoms with Gasteiger partial charge in [0, 0.05) is 12.5 Å². The van der Waals surface area contributed by atoms with Crippen LogP contribution < -0.4 is 4.74 Å². The molecule has 0 amide bonds. The van der Waals surface area contributed by atoms with Crippen molar-refractivity contribution in [2.24, 2.45) is 0 Å². The summed E-state index contributed by atoms with van der Waals surface area (Å²) < 4.78 is 24.9. The van der Waals surface area contributed by atoms with Gasteiger partial charge in [0.2, 0.25) is 0 Å². The number of halogens is 1. The molecule has 1 saturated heterocycles. The van der Waals surface area contributed by atoms with Crippen molar-refractivity contribution in [2.75, 3.05) is 13.2 Å². The maximum Gasteiger partial charge on any atom is 0.137 e. The first kappa shape index (κ1) is 15.8. The molecule has 4 heteroatoms. The van der Waals surface area contributed by atoms with E-state index < -0.39 is 0 Å². The average Bonchev–Trinajstić information content (AvgIpc) is 2.78. The van der Waals surface area contributed by atoms with E-state index in [9.17, 15) is 4.39 Å². The quantitative estimate of drug-likeness (QED) is 0.867. The fourth-order valence-corrected chi connectivity index (χ4v) is 2.31. The topological polar surface area (TPSA) is 38.7 Å². The van der Waals surface area contributed by atoms with Crippen LogP contribution in [0.1, 0.15) is 38.7 Å². The molecule has 0 aromatic heterocycles. The van der Waals surface area contributed by atoms with E-state index in [-0.39, 0.29) is 24.1 Å². The van der Waals surface area contributed by atoms with Gasteiger partial charge in [-0.2, -0.15) is 0 Å². The Bertz CT molecular complexity index is 543. The number of hydrogen-bond acceptors (Lipinski definition) is 3. The summed E-state index contributed by atoms with van der Waals surface area (Å²) in [6.45, 7) is 4.51. The molecule has 1 aliphatic heterocycles. The molecule has 1 fully saturated rings. The second-order valence-electron chi connectivity index (χ2n) is 5.77. The maximum absolute atomic E-state index is 13.4. The van der Waals surface area contributed by atoms with Crippen molar-refractivity contribution in [2.45, 2.75) is 44.8 Å². The van der Waals surface area contributed by atoms with E-state index in [4.69, 9.17) is 14.6 Å². The molecule has 114 valence electrons. The van der Waals surface area contributed by atoms with Crippen molar-refractivity contribution in [3.8, 4) is 17.6 Å². The molecule has 1 aliphatic rings. The third-order valence-corrected chi connectivity index (χ3v) is 3.38. The van der Waals surface area contributed by atoms with Crippen molar-refractivity contribution in [3.05, 3.63) is 29.6 Å². The second-order valence-corrected chi connectivity index (χ2v) is 5.77. The molecular weight excluding hydrogens is 271 g/mol. The van der Waals surface area contributed by atoms with E-state index in [1.165, 1.54) is 12.1 Å². The SMILES string of the molecule is CC1(C)CCC(COc2cc(F)ccc2C#CCCO)O1. The highest BCUT2D eigenvalue weighted by Gasteiger charge is 2.32. The average molecular weight is 292 g/mol. The van der Waals surface area contributed by atoms with Gasteiger partial charge in [0.1, 0.15) is 18.2 Å². The lowest BCUT2D eigenvalue weighted by molar-refractivity contribution is -0.0327. The van der Waals surface area contributed by atoms with Crippen LogP contribution >= 0.6 is 0 Å². The van der Waals surface area contributed by atoms with Gasteiger partial charge in [0.05, 0.1) is 23.9 Å². The zero-order valence-corrected chi connectivity index (χ0v) is 12.5. The van der Waals surface area contributed by atoms with Gasteiger partial charge < -0.3 is 14.6 Å². The molecular formula is C17H21FO3. The van der Waals surface area contributed by atoms with Gasteiger partial charge in [-0.1, -0.05) is 11.8 Å². The number of rotatable bonds is 4. The van der Waals surface area contributed by atoms with Crippen molar-refractivity contribution in [3.63, 3.8) is 0 Å². The summed E-state index contributed by atoms with van der Waals surface area (Å²) >= 11 is 0. The van der Waals surface area contributed by atoms with E-state index >= 15 is 0 Å². The Morgan fingerprint density at radius 1 is 1.48 bits per heavy atom. The second kappa shape index (κ2) is 6.93. The van der Waals surface area contributed by atoms with Crippen molar-refractivity contribution in [1.29, 1.82) is 0 Å². The predicted molar refractivity (Wildman–Crippen MR) is 78.7 cm³/mol. The highest BCUT2D eigenvalue weighted by molar-refractivity contribution is 5.46. The molecule has 2 rings (SSSR count). The molecule has 0 spiro atoms. The van der Waals surface area contributed by atoms with E-state index in [1.54, 1.807) is 6.07 Å². The summed E-state index contributed by atoms with van der Waals surface area (Å²) in [6.07, 6.45) is 2.35. The summed E-state index contributed by atoms with van der Waals surface area (Å²) in [7, 11) is 0. The molecule has 1 aromatic carbocycles. The Kier molecular flexibility index (Phi) is 5.22. The summed E-state index contributed by atoms with van der Waals surface area (Å²) in [5.74, 6) is 5.78. The Morgan fingerprint density at radius 3 is 2.95 bits per heavy atom. The number of aliphatic hydroxyl groups excluding tert-OH is 1. The first-order chi connectivity index (χ1) is 10.00. The summed E-state index contributed by atoms with van der Waals surface area (Å²) in [4.78, 5) is 0. The minimum atomic E-state index is -0.356. The van der Waals surface area contributed by atoms with Gasteiger partial charge in [-0.3, -0.25) is 0 Å². The predicted octanol–water partition coefficient (Wildman–Crippen LogP) is 2.90. The summed E-state index contributed by atoms with van der Waals surface area (Å²) in [5.41, 5.74) is 0.516. The molecule has 0 radical (unpaired) electrons. The van der Waals surface area contributed by atoms with Crippen LogP contribution in [0.3, 0.4) is 0 Å². The molecule has 0 bridgehead atoms. The lowest BCUT2D eigenvalue weighted by atomic mass is 10.1. The third kappa shape index (κ3) is 4.73. The van der Waals surface area contributed by atoms with Crippen LogP contribution in [0, 0.1) is 17.7 Å². The molecule has 1 unspecified atom stereocenters. The number of aliphatic hydroxyl groups is 1. The molecule has 0 aliphatic carbocycles. The third-order valence-electron chi connectivity index (χ3n) is 3.38. The van der Waals surface area contributed by atoms with E-state index in [0.717, 1.165) is 12.8 Å². The van der Waals surface area contributed by atoms with E-state index in [0.29, 0.717) is 24.3 Å². The van der Waals surface area contributed by atoms with E-state index in [2.05, 4.69) is 25.7 Å². The van der Waals surface area contributed by atoms with Gasteiger partial charge >= 0.3 is 0 Å². The number of benzene rings is 1. The first-order valence-electron chi connectivity index (χ1n) is 7.20. The van der Waals surface area contributed by atoms with Crippen LogP contribution in [0.25, 0.3) is 0 Å². The highest BCUT2D eigenvalue weighted by Crippen LogP contribution is 2.30. The number of hydrogen-bond donors (Lipinski definition) is 1. The zero-order chi connectivity index (χ0) is 15.3. The summed E-state index contributed by atoms with van der Waals surface area (Å²) in [5, 5.41) is 8.74. The Balaban J connectivity index is 2.02. The Hall–Kier alpha value is -1.57. The van der Waals surface area contributed by atoms with Crippen LogP contribution in [-0.2, 0) is 4.74 Å². The van der Waals surface area contributed by atoms with Crippen LogP contribution in [0.15, 0.2) is 18.2 Å².